The number of carbonyl (C=O) groups excluding carboxylic acids is 2. The first-order valence-corrected chi connectivity index (χ1v) is 17.4. The summed E-state index contributed by atoms with van der Waals surface area (Å²) in [5, 5.41) is 8.55. The molecule has 1 aliphatic rings. The van der Waals surface area contributed by atoms with Crippen LogP contribution in [-0.4, -0.2) is 44.3 Å². The van der Waals surface area contributed by atoms with E-state index in [2.05, 4.69) is 11.5 Å². The van der Waals surface area contributed by atoms with E-state index in [0.29, 0.717) is 48.1 Å². The Morgan fingerprint density at radius 3 is 2.40 bits per heavy atom. The Hall–Kier alpha value is -4.86. The van der Waals surface area contributed by atoms with E-state index < -0.39 is 5.91 Å². The van der Waals surface area contributed by atoms with Gasteiger partial charge in [0.05, 0.1) is 22.8 Å². The number of aryl methyl sites for hydroxylation is 5. The minimum absolute atomic E-state index is 0.133. The molecule has 1 atom stereocenters. The molecule has 256 valence electrons. The Kier molecular flexibility index (Phi) is 8.60. The Bertz CT molecular complexity index is 2350. The van der Waals surface area contributed by atoms with Crippen LogP contribution in [0.2, 0.25) is 10.0 Å². The van der Waals surface area contributed by atoms with E-state index in [-0.39, 0.29) is 11.9 Å². The number of benzene rings is 3. The van der Waals surface area contributed by atoms with Crippen molar-refractivity contribution in [2.75, 3.05) is 18.1 Å². The molecule has 7 rings (SSSR count). The van der Waals surface area contributed by atoms with Gasteiger partial charge >= 0.3 is 0 Å². The maximum Gasteiger partial charge on any atom is 0.276 e. The molecule has 0 saturated heterocycles. The van der Waals surface area contributed by atoms with Crippen LogP contribution in [0.1, 0.15) is 68.3 Å². The van der Waals surface area contributed by atoms with Crippen LogP contribution in [0.25, 0.3) is 32.8 Å². The molecule has 3 aromatic heterocycles. The molecule has 1 aliphatic heterocycles. The molecule has 3 aromatic carbocycles. The molecule has 0 saturated carbocycles. The number of halogens is 2. The van der Waals surface area contributed by atoms with Gasteiger partial charge in [0.15, 0.2) is 0 Å². The zero-order valence-corrected chi connectivity index (χ0v) is 30.4. The van der Waals surface area contributed by atoms with Crippen molar-refractivity contribution in [1.29, 1.82) is 0 Å². The van der Waals surface area contributed by atoms with Gasteiger partial charge in [0, 0.05) is 64.0 Å². The van der Waals surface area contributed by atoms with Gasteiger partial charge in [0.25, 0.3) is 5.91 Å². The Balaban J connectivity index is 1.37. The molecule has 0 spiro atoms. The second-order valence-electron chi connectivity index (χ2n) is 13.2. The lowest BCUT2D eigenvalue weighted by atomic mass is 9.98. The molecule has 0 aliphatic carbocycles. The van der Waals surface area contributed by atoms with Gasteiger partial charge in [0.2, 0.25) is 5.91 Å². The van der Waals surface area contributed by atoms with E-state index in [1.54, 1.807) is 23.2 Å². The molecular formula is C39H38Cl2N6O3. The van der Waals surface area contributed by atoms with Crippen LogP contribution in [0.5, 0.6) is 5.75 Å². The number of primary amides is 1. The van der Waals surface area contributed by atoms with Crippen molar-refractivity contribution < 1.29 is 14.3 Å². The summed E-state index contributed by atoms with van der Waals surface area (Å²) in [6.45, 7) is 10.9. The van der Waals surface area contributed by atoms with Gasteiger partial charge < -0.3 is 15.0 Å². The largest absolute Gasteiger partial charge is 0.494 e. The smallest absolute Gasteiger partial charge is 0.276 e. The van der Waals surface area contributed by atoms with Crippen LogP contribution in [0.3, 0.4) is 0 Å². The number of hydrogen-bond donors (Lipinski definition) is 1. The number of carbonyl (C=O) groups is 2. The van der Waals surface area contributed by atoms with E-state index in [0.717, 1.165) is 71.7 Å². The van der Waals surface area contributed by atoms with Crippen molar-refractivity contribution in [2.45, 2.75) is 53.5 Å². The maximum absolute atomic E-state index is 14.9. The third-order valence-electron chi connectivity index (χ3n) is 9.85. The molecular weight excluding hydrogens is 671 g/mol. The van der Waals surface area contributed by atoms with Crippen LogP contribution < -0.4 is 15.4 Å². The van der Waals surface area contributed by atoms with Crippen LogP contribution in [0.15, 0.2) is 54.7 Å². The highest BCUT2D eigenvalue weighted by Crippen LogP contribution is 2.45. The van der Waals surface area contributed by atoms with Crippen molar-refractivity contribution in [3.8, 4) is 16.9 Å². The van der Waals surface area contributed by atoms with Crippen LogP contribution in [0, 0.1) is 27.7 Å². The van der Waals surface area contributed by atoms with Gasteiger partial charge in [-0.15, -0.1) is 0 Å². The Morgan fingerprint density at radius 2 is 1.72 bits per heavy atom. The molecule has 50 heavy (non-hydrogen) atoms. The highest BCUT2D eigenvalue weighted by molar-refractivity contribution is 6.35. The van der Waals surface area contributed by atoms with Crippen LogP contribution >= 0.6 is 23.2 Å². The number of amides is 2. The molecule has 11 heteroatoms. The van der Waals surface area contributed by atoms with Crippen LogP contribution in [-0.2, 0) is 13.5 Å². The lowest BCUT2D eigenvalue weighted by Crippen LogP contribution is -2.43. The first-order chi connectivity index (χ1) is 23.9. The topological polar surface area (TPSA) is 108 Å². The Morgan fingerprint density at radius 1 is 1.00 bits per heavy atom. The molecule has 0 radical (unpaired) electrons. The summed E-state index contributed by atoms with van der Waals surface area (Å²) < 4.78 is 10.2. The zero-order chi connectivity index (χ0) is 35.6. The summed E-state index contributed by atoms with van der Waals surface area (Å²) in [6.07, 6.45) is 2.92. The number of hydrogen-bond acceptors (Lipinski definition) is 5. The number of aromatic nitrogens is 4. The lowest BCUT2D eigenvalue weighted by Gasteiger charge is -2.34. The highest BCUT2D eigenvalue weighted by atomic mass is 35.5. The molecule has 1 unspecified atom stereocenters. The highest BCUT2D eigenvalue weighted by Gasteiger charge is 2.37. The molecule has 0 bridgehead atoms. The molecule has 0 fully saturated rings. The van der Waals surface area contributed by atoms with Crippen molar-refractivity contribution in [3.05, 3.63) is 104 Å². The minimum Gasteiger partial charge on any atom is -0.494 e. The summed E-state index contributed by atoms with van der Waals surface area (Å²) in [5.41, 5.74) is 14.0. The number of ether oxygens (including phenoxy) is 1. The maximum atomic E-state index is 14.9. The summed E-state index contributed by atoms with van der Waals surface area (Å²) in [6, 6.07) is 14.8. The fourth-order valence-electron chi connectivity index (χ4n) is 7.44. The van der Waals surface area contributed by atoms with E-state index in [1.165, 1.54) is 0 Å². The quantitative estimate of drug-likeness (QED) is 0.160. The molecule has 2 amide bonds. The number of nitrogens with two attached hydrogens (primary N) is 1. The standard InChI is InChI=1S/C39H38Cl2N6O3/c1-20-16-27(17-21(2)34(20)41)50-15-7-8-29-30-11-12-31(40)33(32-23(4)44-45(6)24(32)5)35(30)47-22(3)19-46(39(49)36(29)47)38-28-10-9-26(37(42)48)18-25(28)13-14-43-38/h9-14,16-18,22H,7-8,15,19H2,1-6H3,(H2,42,48). The van der Waals surface area contributed by atoms with E-state index in [9.17, 15) is 9.59 Å². The van der Waals surface area contributed by atoms with Crippen molar-refractivity contribution in [2.24, 2.45) is 12.8 Å². The van der Waals surface area contributed by atoms with Crippen molar-refractivity contribution in [1.82, 2.24) is 19.3 Å². The van der Waals surface area contributed by atoms with Gasteiger partial charge in [-0.25, -0.2) is 4.98 Å². The number of nitrogens with zero attached hydrogens (tertiary/aromatic N) is 5. The van der Waals surface area contributed by atoms with Crippen LogP contribution in [0.4, 0.5) is 5.82 Å². The average Bonchev–Trinajstić information content (AvgIpc) is 3.55. The van der Waals surface area contributed by atoms with Crippen molar-refractivity contribution in [3.63, 3.8) is 0 Å². The van der Waals surface area contributed by atoms with E-state index in [4.69, 9.17) is 43.8 Å². The van der Waals surface area contributed by atoms with Crippen molar-refractivity contribution >= 4 is 62.5 Å². The first kappa shape index (κ1) is 33.6. The third kappa shape index (κ3) is 5.49. The fraction of sp³-hybridized carbons (Fsp3) is 0.282. The normalized spacial score (nSPS) is 14.5. The fourth-order valence-corrected chi connectivity index (χ4v) is 7.80. The summed E-state index contributed by atoms with van der Waals surface area (Å²) in [5.74, 6) is 0.634. The van der Waals surface area contributed by atoms with Gasteiger partial charge in [-0.3, -0.25) is 19.2 Å². The SMILES string of the molecule is Cc1cc(OCCCc2c3n(c4c(-c5c(C)nn(C)c5C)c(Cl)ccc24)C(C)CN(c2nccc4cc(C(N)=O)ccc24)C3=O)cc(C)c1Cl. The predicted molar refractivity (Wildman–Crippen MR) is 200 cm³/mol. The number of pyridine rings is 1. The summed E-state index contributed by atoms with van der Waals surface area (Å²) in [7, 11) is 1.93. The number of anilines is 1. The van der Waals surface area contributed by atoms with Gasteiger partial charge in [-0.05, 0) is 112 Å². The summed E-state index contributed by atoms with van der Waals surface area (Å²) >= 11 is 13.5. The minimum atomic E-state index is -0.513. The molecule has 9 nitrogen and oxygen atoms in total. The lowest BCUT2D eigenvalue weighted by molar-refractivity contribution is 0.0955. The average molecular weight is 710 g/mol. The van der Waals surface area contributed by atoms with Gasteiger partial charge in [-0.2, -0.15) is 5.10 Å². The molecule has 4 heterocycles. The predicted octanol–water partition coefficient (Wildman–Crippen LogP) is 8.46. The van der Waals surface area contributed by atoms with Gasteiger partial charge in [0.1, 0.15) is 17.3 Å². The van der Waals surface area contributed by atoms with Gasteiger partial charge in [-0.1, -0.05) is 29.3 Å². The second kappa shape index (κ2) is 12.8. The van der Waals surface area contributed by atoms with E-state index in [1.807, 2.05) is 75.8 Å². The van der Waals surface area contributed by atoms with E-state index >= 15 is 0 Å². The second-order valence-corrected chi connectivity index (χ2v) is 14.0. The monoisotopic (exact) mass is 708 g/mol. The Labute approximate surface area is 300 Å². The number of fused-ring (bicyclic) bond motifs is 4. The number of rotatable bonds is 8. The summed E-state index contributed by atoms with van der Waals surface area (Å²) in [4.78, 5) is 33.3. The molecule has 2 N–H and O–H groups in total. The first-order valence-electron chi connectivity index (χ1n) is 16.6. The zero-order valence-electron chi connectivity index (χ0n) is 28.9. The molecule has 6 aromatic rings. The third-order valence-corrected chi connectivity index (χ3v) is 10.8.